The molecule has 0 atom stereocenters. The summed E-state index contributed by atoms with van der Waals surface area (Å²) in [6, 6.07) is 1.87. The number of guanidine groups is 1. The highest BCUT2D eigenvalue weighted by Gasteiger charge is 2.18. The van der Waals surface area contributed by atoms with E-state index in [1.54, 1.807) is 0 Å². The van der Waals surface area contributed by atoms with Crippen molar-refractivity contribution in [3.8, 4) is 0 Å². The van der Waals surface area contributed by atoms with Crippen LogP contribution in [0, 0.1) is 5.92 Å². The van der Waals surface area contributed by atoms with Crippen LogP contribution in [0.25, 0.3) is 0 Å². The molecule has 0 spiro atoms. The lowest BCUT2D eigenvalue weighted by Crippen LogP contribution is -2.47. The van der Waals surface area contributed by atoms with Crippen molar-refractivity contribution in [3.63, 3.8) is 0 Å². The molecular formula is C21H38IN7. The molecule has 0 bridgehead atoms. The second-order valence-electron chi connectivity index (χ2n) is 7.95. The van der Waals surface area contributed by atoms with E-state index in [0.717, 1.165) is 70.1 Å². The average Bonchev–Trinajstić information content (AvgIpc) is 3.27. The van der Waals surface area contributed by atoms with Gasteiger partial charge in [-0.2, -0.15) is 0 Å². The predicted octanol–water partition coefficient (Wildman–Crippen LogP) is 2.74. The maximum atomic E-state index is 4.35. The summed E-state index contributed by atoms with van der Waals surface area (Å²) in [4.78, 5) is 17.8. The van der Waals surface area contributed by atoms with Crippen molar-refractivity contribution in [1.82, 2.24) is 25.5 Å². The van der Waals surface area contributed by atoms with Crippen molar-refractivity contribution in [2.24, 2.45) is 10.9 Å². The van der Waals surface area contributed by atoms with Crippen molar-refractivity contribution in [3.05, 3.63) is 18.5 Å². The van der Waals surface area contributed by atoms with Gasteiger partial charge in [-0.1, -0.05) is 25.7 Å². The lowest BCUT2D eigenvalue weighted by molar-refractivity contribution is 0.254. The van der Waals surface area contributed by atoms with Crippen LogP contribution in [0.3, 0.4) is 0 Å². The van der Waals surface area contributed by atoms with E-state index in [4.69, 9.17) is 0 Å². The zero-order valence-electron chi connectivity index (χ0n) is 17.9. The van der Waals surface area contributed by atoms with Crippen molar-refractivity contribution in [2.75, 3.05) is 57.8 Å². The molecule has 29 heavy (non-hydrogen) atoms. The third-order valence-electron chi connectivity index (χ3n) is 5.93. The summed E-state index contributed by atoms with van der Waals surface area (Å²) in [5.41, 5.74) is 0. The van der Waals surface area contributed by atoms with Gasteiger partial charge in [0.1, 0.15) is 0 Å². The number of rotatable bonds is 9. The standard InChI is InChI=1S/C21H37N7.HI/c1-22-20(23-10-4-9-19-7-2-3-8-19)24-13-6-14-27-15-17-28(18-16-27)21-25-11-5-12-26-21;/h5,11-12,19H,2-4,6-10,13-18H2,1H3,(H2,22,23,24);1H. The first-order valence-electron chi connectivity index (χ1n) is 11.0. The molecule has 1 aromatic rings. The molecule has 2 N–H and O–H groups in total. The molecule has 2 aliphatic rings. The van der Waals surface area contributed by atoms with Gasteiger partial charge in [-0.05, 0) is 37.8 Å². The number of hydrogen-bond acceptors (Lipinski definition) is 5. The third kappa shape index (κ3) is 8.62. The number of nitrogens with zero attached hydrogens (tertiary/aromatic N) is 5. The zero-order chi connectivity index (χ0) is 19.4. The number of nitrogens with one attached hydrogen (secondary N) is 2. The maximum Gasteiger partial charge on any atom is 0.225 e. The second-order valence-corrected chi connectivity index (χ2v) is 7.95. The Balaban J connectivity index is 0.00000300. The molecule has 8 heteroatoms. The molecule has 1 aliphatic carbocycles. The Morgan fingerprint density at radius 1 is 1.03 bits per heavy atom. The smallest absolute Gasteiger partial charge is 0.225 e. The van der Waals surface area contributed by atoms with Crippen LogP contribution in [-0.2, 0) is 0 Å². The van der Waals surface area contributed by atoms with Crippen LogP contribution in [0.2, 0.25) is 0 Å². The van der Waals surface area contributed by atoms with Gasteiger partial charge in [0.25, 0.3) is 0 Å². The summed E-state index contributed by atoms with van der Waals surface area (Å²) in [5, 5.41) is 6.91. The molecule has 0 aromatic carbocycles. The number of aromatic nitrogens is 2. The fourth-order valence-corrected chi connectivity index (χ4v) is 4.25. The summed E-state index contributed by atoms with van der Waals surface area (Å²) >= 11 is 0. The SMILES string of the molecule is CN=C(NCCCC1CCCC1)NCCCN1CCN(c2ncccn2)CC1.I. The molecule has 1 aliphatic heterocycles. The fourth-order valence-electron chi connectivity index (χ4n) is 4.25. The van der Waals surface area contributed by atoms with E-state index in [9.17, 15) is 0 Å². The molecule has 2 fully saturated rings. The lowest BCUT2D eigenvalue weighted by atomic mass is 10.0. The summed E-state index contributed by atoms with van der Waals surface area (Å²) in [5.74, 6) is 2.77. The van der Waals surface area contributed by atoms with Gasteiger partial charge in [0, 0.05) is 58.7 Å². The van der Waals surface area contributed by atoms with Crippen LogP contribution in [0.1, 0.15) is 44.9 Å². The first-order chi connectivity index (χ1) is 13.8. The molecule has 7 nitrogen and oxygen atoms in total. The zero-order valence-corrected chi connectivity index (χ0v) is 20.2. The van der Waals surface area contributed by atoms with Gasteiger partial charge >= 0.3 is 0 Å². The molecule has 1 aromatic heterocycles. The van der Waals surface area contributed by atoms with Gasteiger partial charge in [0.05, 0.1) is 0 Å². The van der Waals surface area contributed by atoms with Gasteiger partial charge < -0.3 is 15.5 Å². The molecular weight excluding hydrogens is 477 g/mol. The maximum absolute atomic E-state index is 4.35. The predicted molar refractivity (Wildman–Crippen MR) is 131 cm³/mol. The number of piperazine rings is 1. The highest BCUT2D eigenvalue weighted by Crippen LogP contribution is 2.28. The quantitative estimate of drug-likeness (QED) is 0.228. The molecule has 0 amide bonds. The Kier molecular flexibility index (Phi) is 11.6. The normalized spacial score (nSPS) is 18.5. The summed E-state index contributed by atoms with van der Waals surface area (Å²) in [6.45, 7) is 7.27. The van der Waals surface area contributed by atoms with Crippen molar-refractivity contribution in [1.29, 1.82) is 0 Å². The van der Waals surface area contributed by atoms with Crippen LogP contribution < -0.4 is 15.5 Å². The first-order valence-corrected chi connectivity index (χ1v) is 11.0. The van der Waals surface area contributed by atoms with Gasteiger partial charge in [0.2, 0.25) is 5.95 Å². The Hall–Kier alpha value is -1.16. The fraction of sp³-hybridized carbons (Fsp3) is 0.762. The van der Waals surface area contributed by atoms with E-state index in [2.05, 4.69) is 35.4 Å². The number of halogens is 1. The van der Waals surface area contributed by atoms with Gasteiger partial charge in [-0.15, -0.1) is 24.0 Å². The van der Waals surface area contributed by atoms with Gasteiger partial charge in [-0.3, -0.25) is 9.89 Å². The lowest BCUT2D eigenvalue weighted by Gasteiger charge is -2.34. The monoisotopic (exact) mass is 515 g/mol. The molecule has 0 unspecified atom stereocenters. The average molecular weight is 515 g/mol. The molecule has 3 rings (SSSR count). The molecule has 164 valence electrons. The Morgan fingerprint density at radius 2 is 1.69 bits per heavy atom. The topological polar surface area (TPSA) is 68.7 Å². The molecule has 0 radical (unpaired) electrons. The van der Waals surface area contributed by atoms with Crippen LogP contribution in [0.5, 0.6) is 0 Å². The van der Waals surface area contributed by atoms with Crippen LogP contribution >= 0.6 is 24.0 Å². The van der Waals surface area contributed by atoms with E-state index in [-0.39, 0.29) is 24.0 Å². The largest absolute Gasteiger partial charge is 0.356 e. The second kappa shape index (κ2) is 14.0. The minimum absolute atomic E-state index is 0. The van der Waals surface area contributed by atoms with E-state index in [1.165, 1.54) is 38.5 Å². The van der Waals surface area contributed by atoms with Crippen molar-refractivity contribution < 1.29 is 0 Å². The van der Waals surface area contributed by atoms with Gasteiger partial charge in [0.15, 0.2) is 5.96 Å². The third-order valence-corrected chi connectivity index (χ3v) is 5.93. The van der Waals surface area contributed by atoms with E-state index in [1.807, 2.05) is 25.5 Å². The van der Waals surface area contributed by atoms with Crippen LogP contribution in [-0.4, -0.2) is 73.7 Å². The van der Waals surface area contributed by atoms with Crippen molar-refractivity contribution in [2.45, 2.75) is 44.9 Å². The summed E-state index contributed by atoms with van der Waals surface area (Å²) < 4.78 is 0. The highest BCUT2D eigenvalue weighted by atomic mass is 127. The first kappa shape index (κ1) is 24.1. The minimum Gasteiger partial charge on any atom is -0.356 e. The number of aliphatic imine (C=N–C) groups is 1. The minimum atomic E-state index is 0. The van der Waals surface area contributed by atoms with Gasteiger partial charge in [-0.25, -0.2) is 9.97 Å². The van der Waals surface area contributed by atoms with Crippen LogP contribution in [0.15, 0.2) is 23.5 Å². The van der Waals surface area contributed by atoms with E-state index < -0.39 is 0 Å². The highest BCUT2D eigenvalue weighted by molar-refractivity contribution is 14.0. The Bertz CT molecular complexity index is 570. The Labute approximate surface area is 193 Å². The summed E-state index contributed by atoms with van der Waals surface area (Å²) in [6.07, 6.45) is 13.1. The number of anilines is 1. The van der Waals surface area contributed by atoms with E-state index in [0.29, 0.717) is 0 Å². The van der Waals surface area contributed by atoms with Crippen molar-refractivity contribution >= 4 is 35.9 Å². The Morgan fingerprint density at radius 3 is 2.34 bits per heavy atom. The van der Waals surface area contributed by atoms with Crippen LogP contribution in [0.4, 0.5) is 5.95 Å². The summed E-state index contributed by atoms with van der Waals surface area (Å²) in [7, 11) is 1.86. The molecule has 1 saturated carbocycles. The number of hydrogen-bond donors (Lipinski definition) is 2. The molecule has 1 saturated heterocycles. The molecule has 2 heterocycles. The van der Waals surface area contributed by atoms with E-state index >= 15 is 0 Å².